The molecule has 3 N–H and O–H groups in total. The maximum absolute atomic E-state index is 12.5. The summed E-state index contributed by atoms with van der Waals surface area (Å²) in [6.07, 6.45) is 3.58. The zero-order chi connectivity index (χ0) is 16.0. The maximum atomic E-state index is 12.5. The lowest BCUT2D eigenvalue weighted by Gasteiger charge is -2.35. The van der Waals surface area contributed by atoms with Gasteiger partial charge in [-0.1, -0.05) is 20.8 Å². The van der Waals surface area contributed by atoms with Gasteiger partial charge in [0, 0.05) is 26.1 Å². The highest BCUT2D eigenvalue weighted by Gasteiger charge is 2.30. The molecule has 5 nitrogen and oxygen atoms in total. The van der Waals surface area contributed by atoms with Crippen molar-refractivity contribution >= 4 is 11.9 Å². The number of carbonyl (C=O) groups excluding carboxylic acids is 1. The van der Waals surface area contributed by atoms with E-state index in [0.717, 1.165) is 38.8 Å². The van der Waals surface area contributed by atoms with Crippen molar-refractivity contribution in [3.05, 3.63) is 0 Å². The molecule has 0 aromatic heterocycles. The standard InChI is InChI=1S/C16H30N2O3/c1-16(2,3)10-13(11-17)15(21)18-8-6-12(7-9-18)4-5-14(19)20/h12-13H,4-11,17H2,1-3H3,(H,19,20). The summed E-state index contributed by atoms with van der Waals surface area (Å²) in [6, 6.07) is 0. The fourth-order valence-corrected chi connectivity index (χ4v) is 3.04. The van der Waals surface area contributed by atoms with E-state index in [2.05, 4.69) is 20.8 Å². The van der Waals surface area contributed by atoms with Crippen molar-refractivity contribution in [2.24, 2.45) is 23.0 Å². The number of hydrogen-bond acceptors (Lipinski definition) is 3. The minimum absolute atomic E-state index is 0.0967. The molecule has 1 saturated heterocycles. The summed E-state index contributed by atoms with van der Waals surface area (Å²) in [5, 5.41) is 8.72. The van der Waals surface area contributed by atoms with Crippen LogP contribution in [0.25, 0.3) is 0 Å². The summed E-state index contributed by atoms with van der Waals surface area (Å²) in [5.74, 6) is -0.226. The number of likely N-dealkylation sites (tertiary alicyclic amines) is 1. The van der Waals surface area contributed by atoms with E-state index in [0.29, 0.717) is 12.5 Å². The van der Waals surface area contributed by atoms with Gasteiger partial charge in [0.15, 0.2) is 0 Å². The monoisotopic (exact) mass is 298 g/mol. The second-order valence-corrected chi connectivity index (χ2v) is 7.40. The molecule has 122 valence electrons. The highest BCUT2D eigenvalue weighted by atomic mass is 16.4. The van der Waals surface area contributed by atoms with E-state index in [1.54, 1.807) is 0 Å². The lowest BCUT2D eigenvalue weighted by Crippen LogP contribution is -2.44. The van der Waals surface area contributed by atoms with E-state index in [4.69, 9.17) is 10.8 Å². The van der Waals surface area contributed by atoms with Gasteiger partial charge in [-0.05, 0) is 37.0 Å². The van der Waals surface area contributed by atoms with E-state index in [-0.39, 0.29) is 23.7 Å². The highest BCUT2D eigenvalue weighted by Crippen LogP contribution is 2.27. The van der Waals surface area contributed by atoms with E-state index < -0.39 is 5.97 Å². The topological polar surface area (TPSA) is 83.6 Å². The van der Waals surface area contributed by atoms with Crippen molar-refractivity contribution in [2.75, 3.05) is 19.6 Å². The van der Waals surface area contributed by atoms with E-state index >= 15 is 0 Å². The van der Waals surface area contributed by atoms with Gasteiger partial charge in [-0.3, -0.25) is 9.59 Å². The number of carboxylic acid groups (broad SMARTS) is 1. The number of carbonyl (C=O) groups is 2. The first-order valence-electron chi connectivity index (χ1n) is 7.93. The molecular formula is C16H30N2O3. The number of piperidine rings is 1. The van der Waals surface area contributed by atoms with E-state index in [9.17, 15) is 9.59 Å². The largest absolute Gasteiger partial charge is 0.481 e. The van der Waals surface area contributed by atoms with Crippen LogP contribution in [0.15, 0.2) is 0 Å². The van der Waals surface area contributed by atoms with Gasteiger partial charge in [-0.25, -0.2) is 0 Å². The molecule has 5 heteroatoms. The van der Waals surface area contributed by atoms with Crippen molar-refractivity contribution in [3.63, 3.8) is 0 Å². The van der Waals surface area contributed by atoms with Gasteiger partial charge in [0.05, 0.1) is 5.92 Å². The normalized spacial score (nSPS) is 18.6. The van der Waals surface area contributed by atoms with Crippen LogP contribution in [0.1, 0.15) is 52.9 Å². The molecule has 1 unspecified atom stereocenters. The number of carboxylic acids is 1. The quantitative estimate of drug-likeness (QED) is 0.786. The molecule has 1 amide bonds. The molecule has 0 aromatic rings. The summed E-state index contributed by atoms with van der Waals surface area (Å²) in [6.45, 7) is 8.26. The van der Waals surface area contributed by atoms with Crippen LogP contribution in [0.2, 0.25) is 0 Å². The Morgan fingerprint density at radius 3 is 2.29 bits per heavy atom. The summed E-state index contributed by atoms with van der Waals surface area (Å²) in [4.78, 5) is 25.0. The predicted octanol–water partition coefficient (Wildman–Crippen LogP) is 2.10. The zero-order valence-electron chi connectivity index (χ0n) is 13.6. The van der Waals surface area contributed by atoms with Crippen LogP contribution in [-0.4, -0.2) is 41.5 Å². The van der Waals surface area contributed by atoms with Gasteiger partial charge in [-0.2, -0.15) is 0 Å². The van der Waals surface area contributed by atoms with Gasteiger partial charge < -0.3 is 15.7 Å². The van der Waals surface area contributed by atoms with Crippen molar-refractivity contribution < 1.29 is 14.7 Å². The van der Waals surface area contributed by atoms with Crippen LogP contribution < -0.4 is 5.73 Å². The lowest BCUT2D eigenvalue weighted by atomic mass is 9.83. The number of aliphatic carboxylic acids is 1. The van der Waals surface area contributed by atoms with Gasteiger partial charge in [0.1, 0.15) is 0 Å². The van der Waals surface area contributed by atoms with Crippen LogP contribution in [0.5, 0.6) is 0 Å². The summed E-state index contributed by atoms with van der Waals surface area (Å²) in [5.41, 5.74) is 5.88. The Kier molecular flexibility index (Phi) is 6.65. The average molecular weight is 298 g/mol. The van der Waals surface area contributed by atoms with Gasteiger partial charge in [-0.15, -0.1) is 0 Å². The van der Waals surface area contributed by atoms with Crippen LogP contribution in [0.3, 0.4) is 0 Å². The second-order valence-electron chi connectivity index (χ2n) is 7.40. The smallest absolute Gasteiger partial charge is 0.303 e. The first-order chi connectivity index (χ1) is 9.73. The molecule has 0 saturated carbocycles. The minimum atomic E-state index is -0.734. The van der Waals surface area contributed by atoms with Crippen LogP contribution in [0.4, 0.5) is 0 Å². The fourth-order valence-electron chi connectivity index (χ4n) is 3.04. The minimum Gasteiger partial charge on any atom is -0.481 e. The van der Waals surface area contributed by atoms with Gasteiger partial charge in [0.25, 0.3) is 0 Å². The third kappa shape index (κ3) is 6.46. The number of amides is 1. The molecule has 0 aliphatic carbocycles. The van der Waals surface area contributed by atoms with Crippen molar-refractivity contribution in [2.45, 2.75) is 52.9 Å². The molecule has 0 spiro atoms. The number of rotatable bonds is 6. The third-order valence-electron chi connectivity index (χ3n) is 4.19. The summed E-state index contributed by atoms with van der Waals surface area (Å²) < 4.78 is 0. The fraction of sp³-hybridized carbons (Fsp3) is 0.875. The predicted molar refractivity (Wildman–Crippen MR) is 82.8 cm³/mol. The van der Waals surface area contributed by atoms with Crippen LogP contribution >= 0.6 is 0 Å². The van der Waals surface area contributed by atoms with E-state index in [1.807, 2.05) is 4.90 Å². The Morgan fingerprint density at radius 1 is 1.29 bits per heavy atom. The number of nitrogens with two attached hydrogens (primary N) is 1. The summed E-state index contributed by atoms with van der Waals surface area (Å²) >= 11 is 0. The Hall–Kier alpha value is -1.10. The maximum Gasteiger partial charge on any atom is 0.303 e. The SMILES string of the molecule is CC(C)(C)CC(CN)C(=O)N1CCC(CCC(=O)O)CC1. The third-order valence-corrected chi connectivity index (χ3v) is 4.19. The molecule has 1 rings (SSSR count). The molecule has 1 aliphatic heterocycles. The number of nitrogens with zero attached hydrogens (tertiary/aromatic N) is 1. The van der Waals surface area contributed by atoms with Crippen molar-refractivity contribution in [1.29, 1.82) is 0 Å². The van der Waals surface area contributed by atoms with Gasteiger partial charge >= 0.3 is 5.97 Å². The molecular weight excluding hydrogens is 268 g/mol. The highest BCUT2D eigenvalue weighted by molar-refractivity contribution is 5.79. The molecule has 1 fully saturated rings. The Balaban J connectivity index is 2.45. The van der Waals surface area contributed by atoms with Crippen molar-refractivity contribution in [3.8, 4) is 0 Å². The number of hydrogen-bond donors (Lipinski definition) is 2. The molecule has 1 aliphatic rings. The Labute approximate surface area is 127 Å². The molecule has 0 radical (unpaired) electrons. The molecule has 0 aromatic carbocycles. The molecule has 0 bridgehead atoms. The second kappa shape index (κ2) is 7.78. The Morgan fingerprint density at radius 2 is 1.86 bits per heavy atom. The molecule has 1 atom stereocenters. The van der Waals surface area contributed by atoms with Gasteiger partial charge in [0.2, 0.25) is 5.91 Å². The Bertz CT molecular complexity index is 355. The first kappa shape index (κ1) is 18.0. The molecule has 1 heterocycles. The van der Waals surface area contributed by atoms with Crippen LogP contribution in [0, 0.1) is 17.3 Å². The van der Waals surface area contributed by atoms with E-state index in [1.165, 1.54) is 0 Å². The molecule has 21 heavy (non-hydrogen) atoms. The average Bonchev–Trinajstić information content (AvgIpc) is 2.41. The summed E-state index contributed by atoms with van der Waals surface area (Å²) in [7, 11) is 0. The van der Waals surface area contributed by atoms with Crippen LogP contribution in [-0.2, 0) is 9.59 Å². The zero-order valence-corrected chi connectivity index (χ0v) is 13.6. The van der Waals surface area contributed by atoms with Crippen molar-refractivity contribution in [1.82, 2.24) is 4.90 Å². The lowest BCUT2D eigenvalue weighted by molar-refractivity contribution is -0.139. The first-order valence-corrected chi connectivity index (χ1v) is 7.93.